The van der Waals surface area contributed by atoms with E-state index in [4.69, 9.17) is 9.47 Å². The third kappa shape index (κ3) is 5.35. The first-order chi connectivity index (χ1) is 14.0. The van der Waals surface area contributed by atoms with Gasteiger partial charge in [-0.15, -0.1) is 11.3 Å². The molecule has 1 heterocycles. The lowest BCUT2D eigenvalue weighted by Crippen LogP contribution is -2.15. The third-order valence-electron chi connectivity index (χ3n) is 4.29. The number of anilines is 1. The number of nitrogens with one attached hydrogen (secondary N) is 1. The molecule has 0 radical (unpaired) electrons. The molecular formula is C23H26N2O3S. The molecule has 0 spiro atoms. The number of carbonyl (C=O) groups excluding carboxylic acids is 1. The Hall–Kier alpha value is -2.86. The van der Waals surface area contributed by atoms with E-state index >= 15 is 0 Å². The number of rotatable bonds is 8. The summed E-state index contributed by atoms with van der Waals surface area (Å²) < 4.78 is 11.2. The SMILES string of the molecule is CCOc1ccc(OCC)c(NC(=O)Cc2sc(C)nc2-c2ccc(C)cc2)c1. The zero-order chi connectivity index (χ0) is 20.8. The van der Waals surface area contributed by atoms with E-state index < -0.39 is 0 Å². The number of aromatic nitrogens is 1. The van der Waals surface area contributed by atoms with Crippen molar-refractivity contribution in [2.24, 2.45) is 0 Å². The summed E-state index contributed by atoms with van der Waals surface area (Å²) in [4.78, 5) is 18.4. The van der Waals surface area contributed by atoms with Crippen molar-refractivity contribution in [3.05, 3.63) is 57.9 Å². The molecule has 1 aromatic heterocycles. The minimum atomic E-state index is -0.114. The Bertz CT molecular complexity index is 980. The number of benzene rings is 2. The highest BCUT2D eigenvalue weighted by molar-refractivity contribution is 7.12. The van der Waals surface area contributed by atoms with Gasteiger partial charge in [0.25, 0.3) is 0 Å². The van der Waals surface area contributed by atoms with Gasteiger partial charge in [-0.25, -0.2) is 4.98 Å². The molecule has 29 heavy (non-hydrogen) atoms. The number of aryl methyl sites for hydroxylation is 2. The fraction of sp³-hybridized carbons (Fsp3) is 0.304. The van der Waals surface area contributed by atoms with Gasteiger partial charge in [0, 0.05) is 16.5 Å². The van der Waals surface area contributed by atoms with Crippen LogP contribution in [0.15, 0.2) is 42.5 Å². The van der Waals surface area contributed by atoms with E-state index in [1.165, 1.54) is 5.56 Å². The number of ether oxygens (including phenoxy) is 2. The molecule has 0 aliphatic rings. The molecule has 5 nitrogen and oxygen atoms in total. The molecule has 0 aliphatic heterocycles. The largest absolute Gasteiger partial charge is 0.494 e. The van der Waals surface area contributed by atoms with Crippen LogP contribution in [0.5, 0.6) is 11.5 Å². The summed E-state index contributed by atoms with van der Waals surface area (Å²) >= 11 is 1.55. The summed E-state index contributed by atoms with van der Waals surface area (Å²) in [6, 6.07) is 13.7. The fourth-order valence-electron chi connectivity index (χ4n) is 3.01. The van der Waals surface area contributed by atoms with E-state index in [0.29, 0.717) is 30.4 Å². The summed E-state index contributed by atoms with van der Waals surface area (Å²) in [5.74, 6) is 1.21. The number of hydrogen-bond donors (Lipinski definition) is 1. The lowest BCUT2D eigenvalue weighted by molar-refractivity contribution is -0.115. The number of thiazole rings is 1. The Morgan fingerprint density at radius 3 is 2.45 bits per heavy atom. The van der Waals surface area contributed by atoms with Crippen molar-refractivity contribution >= 4 is 22.9 Å². The highest BCUT2D eigenvalue weighted by Crippen LogP contribution is 2.31. The molecule has 152 valence electrons. The van der Waals surface area contributed by atoms with E-state index in [1.54, 1.807) is 17.4 Å². The molecule has 0 saturated heterocycles. The van der Waals surface area contributed by atoms with Crippen molar-refractivity contribution in [2.75, 3.05) is 18.5 Å². The first-order valence-corrected chi connectivity index (χ1v) is 10.5. The van der Waals surface area contributed by atoms with Crippen LogP contribution in [0.4, 0.5) is 5.69 Å². The van der Waals surface area contributed by atoms with Gasteiger partial charge >= 0.3 is 0 Å². The number of carbonyl (C=O) groups is 1. The standard InChI is InChI=1S/C23H26N2O3S/c1-5-27-18-11-12-20(28-6-2)19(13-18)25-22(26)14-21-23(24-16(4)29-21)17-9-7-15(3)8-10-17/h7-13H,5-6,14H2,1-4H3,(H,25,26). The van der Waals surface area contributed by atoms with Crippen LogP contribution in [0.25, 0.3) is 11.3 Å². The molecule has 3 rings (SSSR count). The van der Waals surface area contributed by atoms with Crippen LogP contribution in [0, 0.1) is 13.8 Å². The minimum absolute atomic E-state index is 0.114. The van der Waals surface area contributed by atoms with E-state index in [2.05, 4.69) is 29.4 Å². The van der Waals surface area contributed by atoms with Gasteiger partial charge in [0.2, 0.25) is 5.91 Å². The minimum Gasteiger partial charge on any atom is -0.494 e. The molecule has 3 aromatic rings. The Morgan fingerprint density at radius 1 is 1.03 bits per heavy atom. The molecule has 0 saturated carbocycles. The highest BCUT2D eigenvalue weighted by Gasteiger charge is 2.16. The quantitative estimate of drug-likeness (QED) is 0.540. The number of nitrogens with zero attached hydrogens (tertiary/aromatic N) is 1. The molecule has 2 aromatic carbocycles. The number of amides is 1. The van der Waals surface area contributed by atoms with Crippen molar-refractivity contribution < 1.29 is 14.3 Å². The summed E-state index contributed by atoms with van der Waals surface area (Å²) in [7, 11) is 0. The van der Waals surface area contributed by atoms with E-state index in [9.17, 15) is 4.79 Å². The van der Waals surface area contributed by atoms with Crippen LogP contribution in [-0.4, -0.2) is 24.1 Å². The zero-order valence-corrected chi connectivity index (χ0v) is 18.1. The lowest BCUT2D eigenvalue weighted by Gasteiger charge is -2.13. The lowest BCUT2D eigenvalue weighted by atomic mass is 10.1. The van der Waals surface area contributed by atoms with Crippen molar-refractivity contribution in [2.45, 2.75) is 34.1 Å². The van der Waals surface area contributed by atoms with Crippen LogP contribution in [0.2, 0.25) is 0 Å². The molecule has 0 bridgehead atoms. The smallest absolute Gasteiger partial charge is 0.229 e. The second-order valence-electron chi connectivity index (χ2n) is 6.62. The molecule has 1 amide bonds. The van der Waals surface area contributed by atoms with Crippen molar-refractivity contribution in [3.8, 4) is 22.8 Å². The summed E-state index contributed by atoms with van der Waals surface area (Å²) in [5.41, 5.74) is 3.70. The molecule has 0 aliphatic carbocycles. The normalized spacial score (nSPS) is 10.6. The Kier molecular flexibility index (Phi) is 6.88. The fourth-order valence-corrected chi connectivity index (χ4v) is 3.97. The Labute approximate surface area is 175 Å². The van der Waals surface area contributed by atoms with Gasteiger partial charge in [0.1, 0.15) is 11.5 Å². The summed E-state index contributed by atoms with van der Waals surface area (Å²) in [5, 5.41) is 3.92. The van der Waals surface area contributed by atoms with Crippen LogP contribution in [-0.2, 0) is 11.2 Å². The van der Waals surface area contributed by atoms with Crippen molar-refractivity contribution in [3.63, 3.8) is 0 Å². The van der Waals surface area contributed by atoms with Gasteiger partial charge in [0.15, 0.2) is 0 Å². The maximum atomic E-state index is 12.8. The van der Waals surface area contributed by atoms with Crippen LogP contribution in [0.3, 0.4) is 0 Å². The maximum Gasteiger partial charge on any atom is 0.229 e. The molecule has 0 fully saturated rings. The molecule has 6 heteroatoms. The van der Waals surface area contributed by atoms with E-state index in [-0.39, 0.29) is 12.3 Å². The third-order valence-corrected chi connectivity index (χ3v) is 5.26. The van der Waals surface area contributed by atoms with Gasteiger partial charge in [-0.05, 0) is 39.8 Å². The average Bonchev–Trinajstić information content (AvgIpc) is 3.04. The second kappa shape index (κ2) is 9.56. The summed E-state index contributed by atoms with van der Waals surface area (Å²) in [6.07, 6.45) is 0.249. The maximum absolute atomic E-state index is 12.8. The van der Waals surface area contributed by atoms with Crippen molar-refractivity contribution in [1.82, 2.24) is 4.98 Å². The molecule has 0 atom stereocenters. The van der Waals surface area contributed by atoms with Crippen LogP contribution in [0.1, 0.15) is 29.3 Å². The van der Waals surface area contributed by atoms with E-state index in [0.717, 1.165) is 21.1 Å². The van der Waals surface area contributed by atoms with Crippen LogP contribution >= 0.6 is 11.3 Å². The monoisotopic (exact) mass is 410 g/mol. The highest BCUT2D eigenvalue weighted by atomic mass is 32.1. The van der Waals surface area contributed by atoms with Gasteiger partial charge < -0.3 is 14.8 Å². The van der Waals surface area contributed by atoms with Gasteiger partial charge in [-0.1, -0.05) is 29.8 Å². The van der Waals surface area contributed by atoms with Gasteiger partial charge in [0.05, 0.1) is 36.0 Å². The van der Waals surface area contributed by atoms with E-state index in [1.807, 2.05) is 45.0 Å². The first kappa shape index (κ1) is 20.9. The average molecular weight is 411 g/mol. The number of hydrogen-bond acceptors (Lipinski definition) is 5. The zero-order valence-electron chi connectivity index (χ0n) is 17.2. The van der Waals surface area contributed by atoms with Crippen LogP contribution < -0.4 is 14.8 Å². The second-order valence-corrected chi connectivity index (χ2v) is 7.91. The Morgan fingerprint density at radius 2 is 1.76 bits per heavy atom. The molecular weight excluding hydrogens is 384 g/mol. The predicted molar refractivity (Wildman–Crippen MR) is 118 cm³/mol. The molecule has 1 N–H and O–H groups in total. The van der Waals surface area contributed by atoms with Gasteiger partial charge in [-0.3, -0.25) is 4.79 Å². The summed E-state index contributed by atoms with van der Waals surface area (Å²) in [6.45, 7) is 8.92. The topological polar surface area (TPSA) is 60.5 Å². The van der Waals surface area contributed by atoms with Crippen molar-refractivity contribution in [1.29, 1.82) is 0 Å². The predicted octanol–water partition coefficient (Wildman–Crippen LogP) is 5.41. The first-order valence-electron chi connectivity index (χ1n) is 9.73. The molecule has 0 unspecified atom stereocenters. The van der Waals surface area contributed by atoms with Gasteiger partial charge in [-0.2, -0.15) is 0 Å². The Balaban J connectivity index is 1.81.